The van der Waals surface area contributed by atoms with E-state index in [1.807, 2.05) is 0 Å². The molecule has 2 heterocycles. The summed E-state index contributed by atoms with van der Waals surface area (Å²) in [5.41, 5.74) is 3.27. The van der Waals surface area contributed by atoms with Crippen molar-refractivity contribution < 1.29 is 4.74 Å². The lowest BCUT2D eigenvalue weighted by molar-refractivity contribution is 0.0699. The quantitative estimate of drug-likeness (QED) is 0.498. The summed E-state index contributed by atoms with van der Waals surface area (Å²) in [7, 11) is 0. The van der Waals surface area contributed by atoms with E-state index in [2.05, 4.69) is 58.2 Å². The molecule has 2 aromatic rings. The van der Waals surface area contributed by atoms with Crippen molar-refractivity contribution in [3.05, 3.63) is 41.6 Å². The fourth-order valence-corrected chi connectivity index (χ4v) is 4.90. The number of hydrogen-bond acceptors (Lipinski definition) is 5. The number of rotatable bonds is 8. The van der Waals surface area contributed by atoms with Gasteiger partial charge in [0.2, 0.25) is 0 Å². The van der Waals surface area contributed by atoms with Crippen molar-refractivity contribution in [2.24, 2.45) is 5.92 Å². The second-order valence-corrected chi connectivity index (χ2v) is 9.22. The van der Waals surface area contributed by atoms with Crippen LogP contribution < -0.4 is 16.0 Å². The second-order valence-electron chi connectivity index (χ2n) is 8.82. The van der Waals surface area contributed by atoms with E-state index in [-0.39, 0.29) is 0 Å². The molecule has 2 aliphatic rings. The molecule has 1 aliphatic carbocycles. The van der Waals surface area contributed by atoms with Crippen molar-refractivity contribution in [3.8, 4) is 11.1 Å². The van der Waals surface area contributed by atoms with Gasteiger partial charge in [0.15, 0.2) is 0 Å². The first-order valence-corrected chi connectivity index (χ1v) is 12.2. The number of hydrogen-bond donors (Lipinski definition) is 3. The van der Waals surface area contributed by atoms with E-state index in [0.717, 1.165) is 61.8 Å². The van der Waals surface area contributed by atoms with Gasteiger partial charge in [0.1, 0.15) is 5.82 Å². The Bertz CT molecular complexity index is 832. The highest BCUT2D eigenvalue weighted by Crippen LogP contribution is 2.32. The lowest BCUT2D eigenvalue weighted by atomic mass is 9.91. The van der Waals surface area contributed by atoms with Crippen LogP contribution in [0.5, 0.6) is 0 Å². The molecular weight excluding hydrogens is 408 g/mol. The number of nitrogens with zero attached hydrogens (tertiary/aromatic N) is 1. The highest BCUT2D eigenvalue weighted by atomic mass is 35.5. The molecule has 1 saturated heterocycles. The minimum atomic E-state index is 0.476. The maximum Gasteiger partial charge on any atom is 0.126 e. The van der Waals surface area contributed by atoms with Gasteiger partial charge in [0.25, 0.3) is 0 Å². The molecule has 5 nitrogen and oxygen atoms in total. The van der Waals surface area contributed by atoms with Gasteiger partial charge >= 0.3 is 0 Å². The molecule has 0 amide bonds. The molecule has 4 rings (SSSR count). The fraction of sp³-hybridized carbons (Fsp3) is 0.560. The third-order valence-electron chi connectivity index (χ3n) is 6.54. The minimum Gasteiger partial charge on any atom is -0.385 e. The topological polar surface area (TPSA) is 58.2 Å². The van der Waals surface area contributed by atoms with Gasteiger partial charge in [-0.3, -0.25) is 0 Å². The minimum absolute atomic E-state index is 0.476. The fourth-order valence-electron chi connectivity index (χ4n) is 4.69. The van der Waals surface area contributed by atoms with Crippen molar-refractivity contribution >= 4 is 23.1 Å². The van der Waals surface area contributed by atoms with Gasteiger partial charge in [0, 0.05) is 49.3 Å². The third-order valence-corrected chi connectivity index (χ3v) is 6.84. The van der Waals surface area contributed by atoms with Gasteiger partial charge in [-0.05, 0) is 74.8 Å². The van der Waals surface area contributed by atoms with Crippen LogP contribution in [-0.2, 0) is 4.74 Å². The van der Waals surface area contributed by atoms with Crippen molar-refractivity contribution in [2.75, 3.05) is 36.9 Å². The molecule has 0 radical (unpaired) electrons. The van der Waals surface area contributed by atoms with E-state index in [1.54, 1.807) is 6.20 Å². The van der Waals surface area contributed by atoms with Crippen LogP contribution in [0, 0.1) is 5.92 Å². The maximum atomic E-state index is 6.55. The Morgan fingerprint density at radius 3 is 2.58 bits per heavy atom. The van der Waals surface area contributed by atoms with Gasteiger partial charge in [-0.1, -0.05) is 30.7 Å². The summed E-state index contributed by atoms with van der Waals surface area (Å²) in [6, 6.07) is 11.7. The van der Waals surface area contributed by atoms with Crippen LogP contribution in [0.4, 0.5) is 11.5 Å². The highest BCUT2D eigenvalue weighted by Gasteiger charge is 2.21. The van der Waals surface area contributed by atoms with Crippen molar-refractivity contribution in [2.45, 2.75) is 57.5 Å². The van der Waals surface area contributed by atoms with E-state index in [0.29, 0.717) is 23.0 Å². The Morgan fingerprint density at radius 1 is 1.03 bits per heavy atom. The summed E-state index contributed by atoms with van der Waals surface area (Å²) in [5.74, 6) is 1.59. The van der Waals surface area contributed by atoms with Gasteiger partial charge in [-0.25, -0.2) is 4.98 Å². The summed E-state index contributed by atoms with van der Waals surface area (Å²) in [6.07, 6.45) is 8.81. The normalized spacial score (nSPS) is 22.3. The molecule has 0 spiro atoms. The van der Waals surface area contributed by atoms with Gasteiger partial charge in [-0.2, -0.15) is 0 Å². The Kier molecular flexibility index (Phi) is 8.06. The molecule has 1 aromatic heterocycles. The number of nitrogens with one attached hydrogen (secondary N) is 3. The molecule has 1 aliphatic heterocycles. The standard InChI is InChI=1S/C25H35ClN4O/c1-2-27-20-6-8-21(9-7-20)30-25-15-23(24(26)17-29-25)19-4-3-5-22(14-19)28-16-18-10-12-31-13-11-18/h3-5,14-15,17-18,20-21,27-28H,2,6-13,16H2,1H3,(H,29,30)/t20-,21-. The maximum absolute atomic E-state index is 6.55. The summed E-state index contributed by atoms with van der Waals surface area (Å²) < 4.78 is 5.47. The number of halogens is 1. The van der Waals surface area contributed by atoms with E-state index >= 15 is 0 Å². The summed E-state index contributed by atoms with van der Waals surface area (Å²) >= 11 is 6.55. The molecule has 6 heteroatoms. The third kappa shape index (κ3) is 6.34. The summed E-state index contributed by atoms with van der Waals surface area (Å²) in [6.45, 7) is 5.98. The molecule has 0 bridgehead atoms. The summed E-state index contributed by atoms with van der Waals surface area (Å²) in [5, 5.41) is 11.5. The Hall–Kier alpha value is -1.82. The highest BCUT2D eigenvalue weighted by molar-refractivity contribution is 6.33. The molecule has 1 saturated carbocycles. The molecular formula is C25H35ClN4O. The molecule has 0 unspecified atom stereocenters. The lowest BCUT2D eigenvalue weighted by Crippen LogP contribution is -2.36. The van der Waals surface area contributed by atoms with Crippen LogP contribution in [0.3, 0.4) is 0 Å². The molecule has 1 aromatic carbocycles. The molecule has 3 N–H and O–H groups in total. The zero-order chi connectivity index (χ0) is 21.5. The van der Waals surface area contributed by atoms with E-state index in [1.165, 1.54) is 25.7 Å². The molecule has 31 heavy (non-hydrogen) atoms. The van der Waals surface area contributed by atoms with Crippen molar-refractivity contribution in [3.63, 3.8) is 0 Å². The van der Waals surface area contributed by atoms with Crippen LogP contribution >= 0.6 is 11.6 Å². The zero-order valence-corrected chi connectivity index (χ0v) is 19.3. The first-order chi connectivity index (χ1) is 15.2. The van der Waals surface area contributed by atoms with Gasteiger partial charge in [-0.15, -0.1) is 0 Å². The SMILES string of the molecule is CCN[C@H]1CC[C@H](Nc2cc(-c3cccc(NCC4CCOCC4)c3)c(Cl)cn2)CC1. The molecule has 0 atom stereocenters. The van der Waals surface area contributed by atoms with Gasteiger partial charge < -0.3 is 20.7 Å². The van der Waals surface area contributed by atoms with Crippen LogP contribution in [0.2, 0.25) is 5.02 Å². The average Bonchev–Trinajstić information content (AvgIpc) is 2.81. The Labute approximate surface area is 191 Å². The van der Waals surface area contributed by atoms with Crippen LogP contribution in [0.25, 0.3) is 11.1 Å². The smallest absolute Gasteiger partial charge is 0.126 e. The van der Waals surface area contributed by atoms with E-state index < -0.39 is 0 Å². The number of benzene rings is 1. The van der Waals surface area contributed by atoms with E-state index in [9.17, 15) is 0 Å². The number of ether oxygens (including phenoxy) is 1. The van der Waals surface area contributed by atoms with Crippen LogP contribution in [0.1, 0.15) is 45.4 Å². The average molecular weight is 443 g/mol. The molecule has 168 valence electrons. The van der Waals surface area contributed by atoms with E-state index in [4.69, 9.17) is 16.3 Å². The molecule has 2 fully saturated rings. The van der Waals surface area contributed by atoms with Crippen LogP contribution in [-0.4, -0.2) is 43.4 Å². The van der Waals surface area contributed by atoms with Crippen molar-refractivity contribution in [1.82, 2.24) is 10.3 Å². The predicted molar refractivity (Wildman–Crippen MR) is 130 cm³/mol. The summed E-state index contributed by atoms with van der Waals surface area (Å²) in [4.78, 5) is 4.55. The number of anilines is 2. The zero-order valence-electron chi connectivity index (χ0n) is 18.5. The number of aromatic nitrogens is 1. The Balaban J connectivity index is 1.40. The lowest BCUT2D eigenvalue weighted by Gasteiger charge is -2.30. The number of pyridine rings is 1. The largest absolute Gasteiger partial charge is 0.385 e. The first-order valence-electron chi connectivity index (χ1n) is 11.8. The van der Waals surface area contributed by atoms with Crippen molar-refractivity contribution in [1.29, 1.82) is 0 Å². The second kappa shape index (κ2) is 11.2. The Morgan fingerprint density at radius 2 is 1.81 bits per heavy atom. The monoisotopic (exact) mass is 442 g/mol. The van der Waals surface area contributed by atoms with Gasteiger partial charge in [0.05, 0.1) is 5.02 Å². The first kappa shape index (κ1) is 22.4. The predicted octanol–water partition coefficient (Wildman–Crippen LogP) is 5.57. The van der Waals surface area contributed by atoms with Crippen LogP contribution in [0.15, 0.2) is 36.5 Å².